The van der Waals surface area contributed by atoms with Gasteiger partial charge in [0.05, 0.1) is 0 Å². The van der Waals surface area contributed by atoms with E-state index in [-0.39, 0.29) is 23.7 Å². The minimum absolute atomic E-state index is 0.0332. The molecule has 1 aliphatic rings. The summed E-state index contributed by atoms with van der Waals surface area (Å²) in [4.78, 5) is 25.8. The molecule has 2 N–H and O–H groups in total. The Kier molecular flexibility index (Phi) is 5.73. The molecule has 1 fully saturated rings. The largest absolute Gasteiger partial charge is 0.338 e. The van der Waals surface area contributed by atoms with Gasteiger partial charge in [-0.1, -0.05) is 23.7 Å². The van der Waals surface area contributed by atoms with E-state index in [0.717, 1.165) is 11.3 Å². The van der Waals surface area contributed by atoms with E-state index >= 15 is 0 Å². The summed E-state index contributed by atoms with van der Waals surface area (Å²) in [5.41, 5.74) is 1.62. The Hall–Kier alpha value is -2.60. The molecular formula is C19H19ClFN3O2. The normalized spacial score (nSPS) is 16.6. The second-order valence-corrected chi connectivity index (χ2v) is 6.68. The van der Waals surface area contributed by atoms with E-state index < -0.39 is 0 Å². The molecule has 1 atom stereocenters. The lowest BCUT2D eigenvalue weighted by Gasteiger charge is -2.17. The SMILES string of the molecule is O=C(NCc1ccc(F)cc1)NC[C@@H]1CC(=O)N(c2ccc(Cl)cc2)C1. The second-order valence-electron chi connectivity index (χ2n) is 6.24. The van der Waals surface area contributed by atoms with Crippen LogP contribution in [0.3, 0.4) is 0 Å². The van der Waals surface area contributed by atoms with E-state index in [4.69, 9.17) is 11.6 Å². The summed E-state index contributed by atoms with van der Waals surface area (Å²) in [6.07, 6.45) is 0.390. The van der Waals surface area contributed by atoms with Gasteiger partial charge in [-0.05, 0) is 42.0 Å². The Morgan fingerprint density at radius 2 is 1.81 bits per heavy atom. The van der Waals surface area contributed by atoms with Gasteiger partial charge in [0.15, 0.2) is 0 Å². The third-order valence-electron chi connectivity index (χ3n) is 4.26. The van der Waals surface area contributed by atoms with Crippen LogP contribution in [-0.4, -0.2) is 25.0 Å². The number of halogens is 2. The molecule has 7 heteroatoms. The number of nitrogens with one attached hydrogen (secondary N) is 2. The van der Waals surface area contributed by atoms with Crippen LogP contribution in [0, 0.1) is 11.7 Å². The van der Waals surface area contributed by atoms with Gasteiger partial charge in [0.2, 0.25) is 5.91 Å². The van der Waals surface area contributed by atoms with Crippen LogP contribution in [0.5, 0.6) is 0 Å². The van der Waals surface area contributed by atoms with Crippen molar-refractivity contribution in [3.63, 3.8) is 0 Å². The number of rotatable bonds is 5. The number of hydrogen-bond donors (Lipinski definition) is 2. The van der Waals surface area contributed by atoms with Gasteiger partial charge in [0, 0.05) is 42.7 Å². The molecule has 1 aliphatic heterocycles. The predicted molar refractivity (Wildman–Crippen MR) is 98.6 cm³/mol. The fraction of sp³-hybridized carbons (Fsp3) is 0.263. The Labute approximate surface area is 156 Å². The smallest absolute Gasteiger partial charge is 0.315 e. The van der Waals surface area contributed by atoms with Crippen LogP contribution in [0.2, 0.25) is 5.02 Å². The van der Waals surface area contributed by atoms with Crippen molar-refractivity contribution in [2.45, 2.75) is 13.0 Å². The predicted octanol–water partition coefficient (Wildman–Crippen LogP) is 3.33. The van der Waals surface area contributed by atoms with Crippen molar-refractivity contribution in [2.24, 2.45) is 5.92 Å². The van der Waals surface area contributed by atoms with E-state index in [0.29, 0.717) is 31.1 Å². The number of benzene rings is 2. The lowest BCUT2D eigenvalue weighted by molar-refractivity contribution is -0.117. The highest BCUT2D eigenvalue weighted by molar-refractivity contribution is 6.30. The van der Waals surface area contributed by atoms with Crippen molar-refractivity contribution >= 4 is 29.2 Å². The molecule has 0 aliphatic carbocycles. The Morgan fingerprint density at radius 3 is 2.50 bits per heavy atom. The van der Waals surface area contributed by atoms with Gasteiger partial charge in [-0.15, -0.1) is 0 Å². The maximum absolute atomic E-state index is 12.8. The lowest BCUT2D eigenvalue weighted by Crippen LogP contribution is -2.38. The number of nitrogens with zero attached hydrogens (tertiary/aromatic N) is 1. The molecule has 0 radical (unpaired) electrons. The average molecular weight is 376 g/mol. The van der Waals surface area contributed by atoms with Gasteiger partial charge >= 0.3 is 6.03 Å². The van der Waals surface area contributed by atoms with E-state index in [2.05, 4.69) is 10.6 Å². The average Bonchev–Trinajstić information content (AvgIpc) is 3.01. The van der Waals surface area contributed by atoms with E-state index in [9.17, 15) is 14.0 Å². The van der Waals surface area contributed by atoms with Crippen LogP contribution in [0.1, 0.15) is 12.0 Å². The van der Waals surface area contributed by atoms with Gasteiger partial charge in [0.1, 0.15) is 5.82 Å². The van der Waals surface area contributed by atoms with Crippen LogP contribution in [0.25, 0.3) is 0 Å². The van der Waals surface area contributed by atoms with Crippen LogP contribution in [-0.2, 0) is 11.3 Å². The Bertz CT molecular complexity index is 780. The molecule has 1 saturated heterocycles. The maximum Gasteiger partial charge on any atom is 0.315 e. The van der Waals surface area contributed by atoms with Crippen LogP contribution in [0.4, 0.5) is 14.9 Å². The molecule has 26 heavy (non-hydrogen) atoms. The molecule has 0 unspecified atom stereocenters. The molecule has 0 aromatic heterocycles. The standard InChI is InChI=1S/C19H19ClFN3O2/c20-15-3-7-17(8-4-15)24-12-14(9-18(24)25)11-23-19(26)22-10-13-1-5-16(21)6-2-13/h1-8,14H,9-12H2,(H2,22,23,26)/t14-/m0/s1. The minimum atomic E-state index is -0.313. The highest BCUT2D eigenvalue weighted by Crippen LogP contribution is 2.25. The van der Waals surface area contributed by atoms with Crippen molar-refractivity contribution in [3.8, 4) is 0 Å². The Morgan fingerprint density at radius 1 is 1.12 bits per heavy atom. The summed E-state index contributed by atoms with van der Waals surface area (Å²) in [5.74, 6) is -0.227. The van der Waals surface area contributed by atoms with Crippen molar-refractivity contribution in [1.82, 2.24) is 10.6 Å². The summed E-state index contributed by atoms with van der Waals surface area (Å²) in [6, 6.07) is 12.7. The molecular weight excluding hydrogens is 357 g/mol. The molecule has 2 aromatic rings. The molecule has 0 spiro atoms. The third kappa shape index (κ3) is 4.73. The highest BCUT2D eigenvalue weighted by Gasteiger charge is 2.30. The molecule has 3 rings (SSSR count). The summed E-state index contributed by atoms with van der Waals surface area (Å²) in [6.45, 7) is 1.27. The van der Waals surface area contributed by atoms with Crippen molar-refractivity contribution in [1.29, 1.82) is 0 Å². The van der Waals surface area contributed by atoms with Crippen LogP contribution >= 0.6 is 11.6 Å². The second kappa shape index (κ2) is 8.19. The fourth-order valence-electron chi connectivity index (χ4n) is 2.87. The first-order chi connectivity index (χ1) is 12.5. The number of amides is 3. The zero-order valence-corrected chi connectivity index (χ0v) is 14.8. The van der Waals surface area contributed by atoms with E-state index in [1.165, 1.54) is 12.1 Å². The van der Waals surface area contributed by atoms with E-state index in [1.807, 2.05) is 12.1 Å². The molecule has 136 valence electrons. The first kappa shape index (κ1) is 18.2. The molecule has 0 bridgehead atoms. The summed E-state index contributed by atoms with van der Waals surface area (Å²) >= 11 is 5.87. The highest BCUT2D eigenvalue weighted by atomic mass is 35.5. The van der Waals surface area contributed by atoms with Gasteiger partial charge in [-0.2, -0.15) is 0 Å². The zero-order valence-electron chi connectivity index (χ0n) is 14.0. The van der Waals surface area contributed by atoms with Crippen molar-refractivity contribution in [3.05, 3.63) is 64.9 Å². The molecule has 2 aromatic carbocycles. The minimum Gasteiger partial charge on any atom is -0.338 e. The maximum atomic E-state index is 12.8. The topological polar surface area (TPSA) is 61.4 Å². The summed E-state index contributed by atoms with van der Waals surface area (Å²) in [5, 5.41) is 6.12. The molecule has 0 saturated carbocycles. The molecule has 3 amide bonds. The molecule has 1 heterocycles. The number of urea groups is 1. The van der Waals surface area contributed by atoms with Crippen LogP contribution in [0.15, 0.2) is 48.5 Å². The van der Waals surface area contributed by atoms with Gasteiger partial charge in [0.25, 0.3) is 0 Å². The number of anilines is 1. The number of carbonyl (C=O) groups excluding carboxylic acids is 2. The first-order valence-electron chi connectivity index (χ1n) is 8.33. The fourth-order valence-corrected chi connectivity index (χ4v) is 3.00. The lowest BCUT2D eigenvalue weighted by atomic mass is 10.1. The van der Waals surface area contributed by atoms with Crippen LogP contribution < -0.4 is 15.5 Å². The van der Waals surface area contributed by atoms with Gasteiger partial charge in [-0.25, -0.2) is 9.18 Å². The van der Waals surface area contributed by atoms with Gasteiger partial charge in [-0.3, -0.25) is 4.79 Å². The molecule has 5 nitrogen and oxygen atoms in total. The van der Waals surface area contributed by atoms with Gasteiger partial charge < -0.3 is 15.5 Å². The van der Waals surface area contributed by atoms with Crippen molar-refractivity contribution in [2.75, 3.05) is 18.0 Å². The van der Waals surface area contributed by atoms with E-state index in [1.54, 1.807) is 29.2 Å². The summed E-state index contributed by atoms with van der Waals surface area (Å²) < 4.78 is 12.8. The first-order valence-corrected chi connectivity index (χ1v) is 8.71. The number of hydrogen-bond acceptors (Lipinski definition) is 2. The monoisotopic (exact) mass is 375 g/mol. The summed E-state index contributed by atoms with van der Waals surface area (Å²) in [7, 11) is 0. The number of carbonyl (C=O) groups is 2. The third-order valence-corrected chi connectivity index (χ3v) is 4.51. The zero-order chi connectivity index (χ0) is 18.5. The van der Waals surface area contributed by atoms with Crippen molar-refractivity contribution < 1.29 is 14.0 Å². The quantitative estimate of drug-likeness (QED) is 0.842. The Balaban J connectivity index is 1.44.